The van der Waals surface area contributed by atoms with Gasteiger partial charge in [-0.25, -0.2) is 0 Å². The summed E-state index contributed by atoms with van der Waals surface area (Å²) < 4.78 is 0. The quantitative estimate of drug-likeness (QED) is 0.853. The molecule has 2 fully saturated rings. The molecule has 0 bridgehead atoms. The molecule has 1 aromatic rings. The Hall–Kier alpha value is -2.00. The third-order valence-corrected chi connectivity index (χ3v) is 5.26. The van der Waals surface area contributed by atoms with Crippen LogP contribution < -0.4 is 9.80 Å². The molecule has 0 aliphatic carbocycles. The molecule has 1 amide bonds. The number of rotatable bonds is 3. The molecular formula is C17H19N3O2S. The second-order valence-electron chi connectivity index (χ2n) is 5.95. The van der Waals surface area contributed by atoms with Gasteiger partial charge in [-0.15, -0.1) is 0 Å². The van der Waals surface area contributed by atoms with Gasteiger partial charge in [-0.3, -0.25) is 9.59 Å². The first kappa shape index (κ1) is 15.9. The lowest BCUT2D eigenvalue weighted by Crippen LogP contribution is -2.25. The Morgan fingerprint density at radius 1 is 1.35 bits per heavy atom. The molecule has 0 spiro atoms. The highest BCUT2D eigenvalue weighted by atomic mass is 32.2. The van der Waals surface area contributed by atoms with Crippen molar-refractivity contribution in [3.05, 3.63) is 23.8 Å². The lowest BCUT2D eigenvalue weighted by Gasteiger charge is -2.22. The minimum atomic E-state index is 0.00351. The van der Waals surface area contributed by atoms with E-state index in [1.807, 2.05) is 12.1 Å². The molecule has 6 heteroatoms. The van der Waals surface area contributed by atoms with E-state index in [9.17, 15) is 14.9 Å². The Morgan fingerprint density at radius 2 is 2.09 bits per heavy atom. The van der Waals surface area contributed by atoms with Crippen LogP contribution in [-0.2, 0) is 9.59 Å². The number of carbonyl (C=O) groups excluding carboxylic acids is 2. The van der Waals surface area contributed by atoms with E-state index in [0.717, 1.165) is 37.3 Å². The largest absolute Gasteiger partial charge is 0.370 e. The Morgan fingerprint density at radius 3 is 2.74 bits per heavy atom. The van der Waals surface area contributed by atoms with Crippen molar-refractivity contribution in [2.75, 3.05) is 29.4 Å². The van der Waals surface area contributed by atoms with Crippen molar-refractivity contribution >= 4 is 34.2 Å². The minimum Gasteiger partial charge on any atom is -0.370 e. The minimum absolute atomic E-state index is 0.00351. The van der Waals surface area contributed by atoms with Crippen LogP contribution in [0, 0.1) is 11.3 Å². The predicted octanol–water partition coefficient (Wildman–Crippen LogP) is 2.54. The van der Waals surface area contributed by atoms with Crippen LogP contribution in [-0.4, -0.2) is 35.9 Å². The molecular weight excluding hydrogens is 310 g/mol. The molecule has 0 aromatic heterocycles. The average molecular weight is 329 g/mol. The number of thioether (sulfide) groups is 1. The van der Waals surface area contributed by atoms with Crippen molar-refractivity contribution < 1.29 is 9.59 Å². The lowest BCUT2D eigenvalue weighted by molar-refractivity contribution is -0.117. The first-order valence-electron chi connectivity index (χ1n) is 7.85. The zero-order valence-electron chi connectivity index (χ0n) is 13.1. The van der Waals surface area contributed by atoms with Gasteiger partial charge in [-0.2, -0.15) is 5.26 Å². The normalized spacial score (nSPS) is 20.9. The Bertz CT molecular complexity index is 677. The van der Waals surface area contributed by atoms with Crippen LogP contribution in [0.4, 0.5) is 11.4 Å². The summed E-state index contributed by atoms with van der Waals surface area (Å²) in [6, 6.07) is 7.91. The van der Waals surface area contributed by atoms with Crippen molar-refractivity contribution in [1.82, 2.24) is 0 Å². The van der Waals surface area contributed by atoms with E-state index in [0.29, 0.717) is 18.5 Å². The Balaban J connectivity index is 1.82. The highest BCUT2D eigenvalue weighted by Crippen LogP contribution is 2.32. The van der Waals surface area contributed by atoms with Crippen molar-refractivity contribution in [1.29, 1.82) is 5.26 Å². The second-order valence-corrected chi connectivity index (χ2v) is 7.42. The number of nitriles is 1. The van der Waals surface area contributed by atoms with Gasteiger partial charge in [0.2, 0.25) is 5.91 Å². The van der Waals surface area contributed by atoms with Gasteiger partial charge in [0, 0.05) is 43.9 Å². The Labute approximate surface area is 140 Å². The molecule has 1 unspecified atom stereocenters. The van der Waals surface area contributed by atoms with E-state index in [-0.39, 0.29) is 16.3 Å². The van der Waals surface area contributed by atoms with Crippen molar-refractivity contribution in [2.24, 2.45) is 0 Å². The standard InChI is InChI=1S/C17H19N3O2S/c1-12(21)23-15-9-17(22)20(11-15)14-4-5-16(13(8-14)10-18)19-6-2-3-7-19/h4-5,8,15H,2-3,6-7,9,11H2,1H3. The first-order valence-corrected chi connectivity index (χ1v) is 8.73. The zero-order chi connectivity index (χ0) is 16.4. The topological polar surface area (TPSA) is 64.4 Å². The lowest BCUT2D eigenvalue weighted by atomic mass is 10.1. The monoisotopic (exact) mass is 329 g/mol. The molecule has 5 nitrogen and oxygen atoms in total. The molecule has 2 heterocycles. The maximum absolute atomic E-state index is 12.2. The van der Waals surface area contributed by atoms with Crippen LogP contribution in [0.25, 0.3) is 0 Å². The fourth-order valence-electron chi connectivity index (χ4n) is 3.25. The van der Waals surface area contributed by atoms with Gasteiger partial charge < -0.3 is 9.80 Å². The predicted molar refractivity (Wildman–Crippen MR) is 91.6 cm³/mol. The second kappa shape index (κ2) is 6.63. The van der Waals surface area contributed by atoms with E-state index in [2.05, 4.69) is 11.0 Å². The molecule has 2 aliphatic rings. The molecule has 1 atom stereocenters. The number of hydrogen-bond acceptors (Lipinski definition) is 5. The summed E-state index contributed by atoms with van der Waals surface area (Å²) in [7, 11) is 0. The summed E-state index contributed by atoms with van der Waals surface area (Å²) in [4.78, 5) is 27.4. The van der Waals surface area contributed by atoms with Crippen LogP contribution in [0.3, 0.4) is 0 Å². The summed E-state index contributed by atoms with van der Waals surface area (Å²) in [5, 5.41) is 9.49. The van der Waals surface area contributed by atoms with E-state index in [1.54, 1.807) is 11.0 Å². The maximum atomic E-state index is 12.2. The van der Waals surface area contributed by atoms with Gasteiger partial charge in [0.25, 0.3) is 0 Å². The molecule has 2 saturated heterocycles. The summed E-state index contributed by atoms with van der Waals surface area (Å²) in [5.41, 5.74) is 2.32. The fourth-order valence-corrected chi connectivity index (χ4v) is 4.17. The molecule has 120 valence electrons. The Kier molecular flexibility index (Phi) is 4.58. The summed E-state index contributed by atoms with van der Waals surface area (Å²) in [6.07, 6.45) is 2.68. The van der Waals surface area contributed by atoms with Gasteiger partial charge in [0.15, 0.2) is 5.12 Å². The van der Waals surface area contributed by atoms with Gasteiger partial charge in [-0.05, 0) is 31.0 Å². The van der Waals surface area contributed by atoms with Gasteiger partial charge >= 0.3 is 0 Å². The number of benzene rings is 1. The van der Waals surface area contributed by atoms with Gasteiger partial charge in [-0.1, -0.05) is 11.8 Å². The molecule has 0 saturated carbocycles. The number of nitrogens with zero attached hydrogens (tertiary/aromatic N) is 3. The maximum Gasteiger partial charge on any atom is 0.228 e. The van der Waals surface area contributed by atoms with Crippen LogP contribution in [0.5, 0.6) is 0 Å². The number of hydrogen-bond donors (Lipinski definition) is 0. The van der Waals surface area contributed by atoms with Crippen LogP contribution >= 0.6 is 11.8 Å². The van der Waals surface area contributed by atoms with Gasteiger partial charge in [0.1, 0.15) is 6.07 Å². The number of carbonyl (C=O) groups is 2. The van der Waals surface area contributed by atoms with E-state index in [1.165, 1.54) is 18.7 Å². The highest BCUT2D eigenvalue weighted by Gasteiger charge is 2.32. The van der Waals surface area contributed by atoms with Crippen LogP contribution in [0.15, 0.2) is 18.2 Å². The molecule has 23 heavy (non-hydrogen) atoms. The van der Waals surface area contributed by atoms with Crippen molar-refractivity contribution in [3.8, 4) is 6.07 Å². The van der Waals surface area contributed by atoms with Crippen LogP contribution in [0.2, 0.25) is 0 Å². The fraction of sp³-hybridized carbons (Fsp3) is 0.471. The third-order valence-electron chi connectivity index (χ3n) is 4.28. The number of anilines is 2. The van der Waals surface area contributed by atoms with Crippen molar-refractivity contribution in [2.45, 2.75) is 31.4 Å². The summed E-state index contributed by atoms with van der Waals surface area (Å²) in [5.74, 6) is 0.0153. The van der Waals surface area contributed by atoms with E-state index >= 15 is 0 Å². The summed E-state index contributed by atoms with van der Waals surface area (Å²) in [6.45, 7) is 4.01. The van der Waals surface area contributed by atoms with E-state index in [4.69, 9.17) is 0 Å². The molecule has 1 aromatic carbocycles. The first-order chi connectivity index (χ1) is 11.1. The summed E-state index contributed by atoms with van der Waals surface area (Å²) >= 11 is 1.22. The average Bonchev–Trinajstić information content (AvgIpc) is 3.16. The zero-order valence-corrected chi connectivity index (χ0v) is 13.9. The smallest absolute Gasteiger partial charge is 0.228 e. The molecule has 0 N–H and O–H groups in total. The molecule has 0 radical (unpaired) electrons. The SMILES string of the molecule is CC(=O)SC1CC(=O)N(c2ccc(N3CCCC3)c(C#N)c2)C1. The van der Waals surface area contributed by atoms with Crippen molar-refractivity contribution in [3.63, 3.8) is 0 Å². The molecule has 2 aliphatic heterocycles. The highest BCUT2D eigenvalue weighted by molar-refractivity contribution is 8.14. The van der Waals surface area contributed by atoms with Crippen LogP contribution in [0.1, 0.15) is 31.7 Å². The third kappa shape index (κ3) is 3.35. The van der Waals surface area contributed by atoms with E-state index < -0.39 is 0 Å². The molecule has 3 rings (SSSR count). The number of amides is 1. The van der Waals surface area contributed by atoms with Gasteiger partial charge in [0.05, 0.1) is 11.3 Å².